The fourth-order valence-electron chi connectivity index (χ4n) is 2.17. The maximum atomic E-state index is 12.2. The zero-order chi connectivity index (χ0) is 13.2. The fourth-order valence-corrected chi connectivity index (χ4v) is 2.85. The molecule has 2 rings (SSSR count). The van der Waals surface area contributed by atoms with Crippen molar-refractivity contribution in [1.29, 1.82) is 5.26 Å². The fraction of sp³-hybridized carbons (Fsp3) is 0.538. The lowest BCUT2D eigenvalue weighted by atomic mass is 9.97. The zero-order valence-electron chi connectivity index (χ0n) is 10.6. The van der Waals surface area contributed by atoms with Gasteiger partial charge in [-0.05, 0) is 32.1 Å². The summed E-state index contributed by atoms with van der Waals surface area (Å²) in [7, 11) is 0. The zero-order valence-corrected chi connectivity index (χ0v) is 11.4. The van der Waals surface area contributed by atoms with Gasteiger partial charge in [-0.2, -0.15) is 5.26 Å². The van der Waals surface area contributed by atoms with Crippen molar-refractivity contribution in [2.24, 2.45) is 0 Å². The smallest absolute Gasteiger partial charge is 0.257 e. The summed E-state index contributed by atoms with van der Waals surface area (Å²) >= 11 is 1.59. The maximum Gasteiger partial charge on any atom is 0.257 e. The second kappa shape index (κ2) is 5.07. The van der Waals surface area contributed by atoms with Gasteiger partial charge in [0.1, 0.15) is 16.8 Å². The lowest BCUT2D eigenvalue weighted by molar-refractivity contribution is 0.0716. The van der Waals surface area contributed by atoms with Crippen LogP contribution in [-0.4, -0.2) is 34.9 Å². The molecule has 0 unspecified atom stereocenters. The van der Waals surface area contributed by atoms with Gasteiger partial charge >= 0.3 is 0 Å². The largest absolute Gasteiger partial charge is 0.469 e. The van der Waals surface area contributed by atoms with E-state index in [1.807, 2.05) is 13.2 Å². The van der Waals surface area contributed by atoms with Gasteiger partial charge < -0.3 is 9.32 Å². The SMILES string of the molecule is CSC1(C#N)CCN(C(=O)c2coc(C)c2)CC1. The predicted molar refractivity (Wildman–Crippen MR) is 70.4 cm³/mol. The van der Waals surface area contributed by atoms with Crippen molar-refractivity contribution in [3.63, 3.8) is 0 Å². The molecule has 1 aromatic rings. The Kier molecular flexibility index (Phi) is 3.67. The molecule has 0 saturated carbocycles. The van der Waals surface area contributed by atoms with Crippen LogP contribution >= 0.6 is 11.8 Å². The van der Waals surface area contributed by atoms with Crippen LogP contribution in [0.2, 0.25) is 0 Å². The van der Waals surface area contributed by atoms with Crippen molar-refractivity contribution in [2.45, 2.75) is 24.5 Å². The van der Waals surface area contributed by atoms with E-state index in [1.165, 1.54) is 6.26 Å². The van der Waals surface area contributed by atoms with Crippen molar-refractivity contribution in [2.75, 3.05) is 19.3 Å². The highest BCUT2D eigenvalue weighted by Crippen LogP contribution is 2.34. The van der Waals surface area contributed by atoms with E-state index < -0.39 is 0 Å². The highest BCUT2D eigenvalue weighted by Gasteiger charge is 2.35. The first-order valence-corrected chi connectivity index (χ1v) is 7.13. The van der Waals surface area contributed by atoms with Crippen molar-refractivity contribution < 1.29 is 9.21 Å². The molecular weight excluding hydrogens is 248 g/mol. The summed E-state index contributed by atoms with van der Waals surface area (Å²) in [6, 6.07) is 4.13. The van der Waals surface area contributed by atoms with Crippen LogP contribution in [0.5, 0.6) is 0 Å². The van der Waals surface area contributed by atoms with Crippen LogP contribution in [0.1, 0.15) is 29.0 Å². The second-order valence-corrected chi connectivity index (χ2v) is 5.74. The highest BCUT2D eigenvalue weighted by molar-refractivity contribution is 8.00. The van der Waals surface area contributed by atoms with Gasteiger partial charge in [0.2, 0.25) is 0 Å². The van der Waals surface area contributed by atoms with Gasteiger partial charge in [0, 0.05) is 13.1 Å². The summed E-state index contributed by atoms with van der Waals surface area (Å²) in [6.45, 7) is 3.09. The Balaban J connectivity index is 2.02. The first-order chi connectivity index (χ1) is 8.60. The minimum Gasteiger partial charge on any atom is -0.469 e. The van der Waals surface area contributed by atoms with Crippen molar-refractivity contribution in [1.82, 2.24) is 4.90 Å². The van der Waals surface area contributed by atoms with Crippen LogP contribution in [0.15, 0.2) is 16.7 Å². The first kappa shape index (κ1) is 13.0. The van der Waals surface area contributed by atoms with Crippen LogP contribution in [0.3, 0.4) is 0 Å². The lowest BCUT2D eigenvalue weighted by Crippen LogP contribution is -2.44. The Morgan fingerprint density at radius 1 is 1.56 bits per heavy atom. The van der Waals surface area contributed by atoms with E-state index in [-0.39, 0.29) is 10.7 Å². The van der Waals surface area contributed by atoms with E-state index in [4.69, 9.17) is 4.42 Å². The molecular formula is C13H16N2O2S. The summed E-state index contributed by atoms with van der Waals surface area (Å²) in [4.78, 5) is 14.0. The molecule has 1 aliphatic rings. The molecule has 0 spiro atoms. The molecule has 1 fully saturated rings. The van der Waals surface area contributed by atoms with Crippen molar-refractivity contribution >= 4 is 17.7 Å². The molecule has 2 heterocycles. The Morgan fingerprint density at radius 2 is 2.22 bits per heavy atom. The van der Waals surface area contributed by atoms with Gasteiger partial charge in [-0.25, -0.2) is 0 Å². The Labute approximate surface area is 111 Å². The second-order valence-electron chi connectivity index (χ2n) is 4.55. The number of aryl methyl sites for hydroxylation is 1. The number of hydrogen-bond acceptors (Lipinski definition) is 4. The van der Waals surface area contributed by atoms with Gasteiger partial charge in [-0.3, -0.25) is 4.79 Å². The molecule has 1 amide bonds. The highest BCUT2D eigenvalue weighted by atomic mass is 32.2. The molecule has 0 radical (unpaired) electrons. The average molecular weight is 264 g/mol. The minimum atomic E-state index is -0.316. The molecule has 0 N–H and O–H groups in total. The number of carbonyl (C=O) groups is 1. The van der Waals surface area contributed by atoms with Crippen LogP contribution in [0, 0.1) is 18.3 Å². The van der Waals surface area contributed by atoms with E-state index in [0.29, 0.717) is 18.7 Å². The summed E-state index contributed by atoms with van der Waals surface area (Å²) in [5.41, 5.74) is 0.598. The number of carbonyl (C=O) groups excluding carboxylic acids is 1. The van der Waals surface area contributed by atoms with E-state index in [0.717, 1.165) is 18.6 Å². The van der Waals surface area contributed by atoms with Gasteiger partial charge in [-0.15, -0.1) is 11.8 Å². The number of likely N-dealkylation sites (tertiary alicyclic amines) is 1. The van der Waals surface area contributed by atoms with E-state index in [2.05, 4.69) is 6.07 Å². The molecule has 18 heavy (non-hydrogen) atoms. The maximum absolute atomic E-state index is 12.2. The van der Waals surface area contributed by atoms with Crippen LogP contribution in [-0.2, 0) is 0 Å². The Hall–Kier alpha value is -1.41. The molecule has 96 valence electrons. The molecule has 5 heteroatoms. The molecule has 0 atom stereocenters. The molecule has 0 aromatic carbocycles. The standard InChI is InChI=1S/C13H16N2O2S/c1-10-7-11(8-17-10)12(16)15-5-3-13(9-14,18-2)4-6-15/h7-8H,3-6H2,1-2H3. The summed E-state index contributed by atoms with van der Waals surface area (Å²) in [5.74, 6) is 0.741. The number of piperidine rings is 1. The molecule has 1 aliphatic heterocycles. The van der Waals surface area contributed by atoms with E-state index >= 15 is 0 Å². The molecule has 0 bridgehead atoms. The Morgan fingerprint density at radius 3 is 2.67 bits per heavy atom. The van der Waals surface area contributed by atoms with E-state index in [1.54, 1.807) is 22.7 Å². The molecule has 1 aromatic heterocycles. The van der Waals surface area contributed by atoms with E-state index in [9.17, 15) is 10.1 Å². The van der Waals surface area contributed by atoms with Crippen LogP contribution in [0.4, 0.5) is 0 Å². The minimum absolute atomic E-state index is 0.000470. The first-order valence-electron chi connectivity index (χ1n) is 5.91. The normalized spacial score (nSPS) is 18.4. The van der Waals surface area contributed by atoms with Crippen molar-refractivity contribution in [3.8, 4) is 6.07 Å². The topological polar surface area (TPSA) is 57.2 Å². The number of rotatable bonds is 2. The third-order valence-corrected chi connectivity index (χ3v) is 4.71. The quantitative estimate of drug-likeness (QED) is 0.823. The number of nitriles is 1. The summed E-state index contributed by atoms with van der Waals surface area (Å²) in [6.07, 6.45) is 4.92. The monoisotopic (exact) mass is 264 g/mol. The number of furan rings is 1. The number of thioether (sulfide) groups is 1. The summed E-state index contributed by atoms with van der Waals surface area (Å²) in [5, 5.41) is 9.20. The van der Waals surface area contributed by atoms with Gasteiger partial charge in [0.05, 0.1) is 11.6 Å². The third-order valence-electron chi connectivity index (χ3n) is 3.43. The average Bonchev–Trinajstić information content (AvgIpc) is 2.85. The Bertz CT molecular complexity index is 481. The van der Waals surface area contributed by atoms with Gasteiger partial charge in [0.15, 0.2) is 0 Å². The summed E-state index contributed by atoms with van der Waals surface area (Å²) < 4.78 is 4.84. The number of hydrogen-bond donors (Lipinski definition) is 0. The number of nitrogens with zero attached hydrogens (tertiary/aromatic N) is 2. The van der Waals surface area contributed by atoms with Crippen molar-refractivity contribution in [3.05, 3.63) is 23.7 Å². The molecule has 0 aliphatic carbocycles. The molecule has 1 saturated heterocycles. The third kappa shape index (κ3) is 2.39. The predicted octanol–water partition coefficient (Wildman–Crippen LogP) is 2.45. The lowest BCUT2D eigenvalue weighted by Gasteiger charge is -2.35. The van der Waals surface area contributed by atoms with Gasteiger partial charge in [0.25, 0.3) is 5.91 Å². The van der Waals surface area contributed by atoms with Crippen LogP contribution < -0.4 is 0 Å². The molecule has 4 nitrogen and oxygen atoms in total. The van der Waals surface area contributed by atoms with Crippen LogP contribution in [0.25, 0.3) is 0 Å². The van der Waals surface area contributed by atoms with Gasteiger partial charge in [-0.1, -0.05) is 0 Å². The number of amides is 1.